The fourth-order valence-corrected chi connectivity index (χ4v) is 6.31. The standard InChI is InChI=1S/C31H33N3O2/c1-21-9-12-23(13-10-21)34-28-14-11-22(2)19-25(28)26-20-32(18-15-29(26)34)16-5-6-17-33-27-8-4-3-7-24(27)30(35)31(33)36/h3-4,7-14,19,26,29H,5-6,15-18,20H2,1-2H3/t26-,29+/m0/s1. The van der Waals surface area contributed by atoms with Crippen molar-refractivity contribution in [3.8, 4) is 0 Å². The second-order valence-electron chi connectivity index (χ2n) is 10.5. The molecule has 3 aromatic rings. The van der Waals surface area contributed by atoms with Gasteiger partial charge in [0.25, 0.3) is 11.7 Å². The second kappa shape index (κ2) is 9.21. The lowest BCUT2D eigenvalue weighted by molar-refractivity contribution is -0.114. The number of unbranched alkanes of at least 4 members (excludes halogenated alkanes) is 1. The Bertz CT molecular complexity index is 1320. The molecule has 36 heavy (non-hydrogen) atoms. The van der Waals surface area contributed by atoms with E-state index in [2.05, 4.69) is 66.1 Å². The Kier molecular flexibility index (Phi) is 5.88. The predicted molar refractivity (Wildman–Crippen MR) is 144 cm³/mol. The highest BCUT2D eigenvalue weighted by Crippen LogP contribution is 2.48. The average molecular weight is 480 g/mol. The fourth-order valence-electron chi connectivity index (χ4n) is 6.31. The lowest BCUT2D eigenvalue weighted by Crippen LogP contribution is -2.45. The minimum atomic E-state index is -0.383. The number of rotatable bonds is 6. The summed E-state index contributed by atoms with van der Waals surface area (Å²) in [5.41, 5.74) is 8.04. The third-order valence-electron chi connectivity index (χ3n) is 8.13. The van der Waals surface area contributed by atoms with E-state index in [1.165, 1.54) is 28.1 Å². The van der Waals surface area contributed by atoms with Gasteiger partial charge in [-0.15, -0.1) is 0 Å². The number of ketones is 1. The van der Waals surface area contributed by atoms with Crippen LogP contribution in [0.2, 0.25) is 0 Å². The summed E-state index contributed by atoms with van der Waals surface area (Å²) in [7, 11) is 0. The fraction of sp³-hybridized carbons (Fsp3) is 0.355. The Morgan fingerprint density at radius 2 is 1.58 bits per heavy atom. The summed E-state index contributed by atoms with van der Waals surface area (Å²) in [4.78, 5) is 31.5. The first-order valence-electron chi connectivity index (χ1n) is 13.2. The lowest BCUT2D eigenvalue weighted by Gasteiger charge is -2.39. The molecule has 0 aliphatic carbocycles. The van der Waals surface area contributed by atoms with Gasteiger partial charge in [-0.25, -0.2) is 0 Å². The molecule has 1 amide bonds. The normalized spacial score (nSPS) is 21.1. The number of amides is 1. The first-order valence-corrected chi connectivity index (χ1v) is 13.2. The van der Waals surface area contributed by atoms with Gasteiger partial charge in [0.2, 0.25) is 0 Å². The monoisotopic (exact) mass is 479 g/mol. The van der Waals surface area contributed by atoms with E-state index in [-0.39, 0.29) is 11.7 Å². The van der Waals surface area contributed by atoms with Crippen molar-refractivity contribution in [2.75, 3.05) is 36.0 Å². The van der Waals surface area contributed by atoms with Crippen LogP contribution in [-0.2, 0) is 4.79 Å². The zero-order chi connectivity index (χ0) is 24.8. The van der Waals surface area contributed by atoms with Gasteiger partial charge in [0.15, 0.2) is 0 Å². The van der Waals surface area contributed by atoms with Gasteiger partial charge in [-0.3, -0.25) is 9.59 Å². The van der Waals surface area contributed by atoms with E-state index in [1.54, 1.807) is 11.0 Å². The van der Waals surface area contributed by atoms with Crippen LogP contribution in [0.4, 0.5) is 17.1 Å². The molecule has 0 bridgehead atoms. The highest BCUT2D eigenvalue weighted by molar-refractivity contribution is 6.52. The van der Waals surface area contributed by atoms with Crippen molar-refractivity contribution in [3.63, 3.8) is 0 Å². The molecular weight excluding hydrogens is 446 g/mol. The number of Topliss-reactive ketones (excluding diaryl/α,β-unsaturated/α-hetero) is 1. The first kappa shape index (κ1) is 23.0. The maximum atomic E-state index is 12.5. The topological polar surface area (TPSA) is 43.9 Å². The second-order valence-corrected chi connectivity index (χ2v) is 10.5. The largest absolute Gasteiger partial charge is 0.337 e. The summed E-state index contributed by atoms with van der Waals surface area (Å²) in [5.74, 6) is -0.258. The van der Waals surface area contributed by atoms with Crippen molar-refractivity contribution in [1.82, 2.24) is 4.90 Å². The van der Waals surface area contributed by atoms with Crippen LogP contribution >= 0.6 is 0 Å². The number of aryl methyl sites for hydroxylation is 2. The van der Waals surface area contributed by atoms with Gasteiger partial charge in [0, 0.05) is 43.0 Å². The quantitative estimate of drug-likeness (QED) is 0.340. The van der Waals surface area contributed by atoms with E-state index >= 15 is 0 Å². The van der Waals surface area contributed by atoms with Crippen LogP contribution in [0.15, 0.2) is 66.7 Å². The van der Waals surface area contributed by atoms with Crippen LogP contribution in [0.3, 0.4) is 0 Å². The Morgan fingerprint density at radius 3 is 2.42 bits per heavy atom. The molecule has 5 nitrogen and oxygen atoms in total. The summed E-state index contributed by atoms with van der Waals surface area (Å²) in [5, 5.41) is 0. The van der Waals surface area contributed by atoms with Crippen LogP contribution < -0.4 is 9.80 Å². The van der Waals surface area contributed by atoms with Crippen molar-refractivity contribution in [3.05, 3.63) is 89.0 Å². The van der Waals surface area contributed by atoms with E-state index in [1.807, 2.05) is 18.2 Å². The van der Waals surface area contributed by atoms with Crippen molar-refractivity contribution in [2.45, 2.75) is 45.1 Å². The molecule has 3 aromatic carbocycles. The van der Waals surface area contributed by atoms with Gasteiger partial charge in [-0.05, 0) is 75.5 Å². The van der Waals surface area contributed by atoms with Crippen molar-refractivity contribution >= 4 is 28.8 Å². The number of anilines is 3. The number of piperidine rings is 1. The first-order chi connectivity index (χ1) is 17.5. The van der Waals surface area contributed by atoms with Crippen LogP contribution in [0.5, 0.6) is 0 Å². The Hall–Kier alpha value is -3.44. The smallest absolute Gasteiger partial charge is 0.299 e. The maximum Gasteiger partial charge on any atom is 0.299 e. The molecule has 6 rings (SSSR count). The third kappa shape index (κ3) is 3.92. The summed E-state index contributed by atoms with van der Waals surface area (Å²) < 4.78 is 0. The van der Waals surface area contributed by atoms with Crippen LogP contribution in [0.25, 0.3) is 0 Å². The molecule has 3 aliphatic heterocycles. The molecular formula is C31H33N3O2. The van der Waals surface area contributed by atoms with Crippen LogP contribution in [-0.4, -0.2) is 48.8 Å². The number of carbonyl (C=O) groups is 2. The van der Waals surface area contributed by atoms with E-state index in [4.69, 9.17) is 0 Å². The molecule has 2 atom stereocenters. The predicted octanol–water partition coefficient (Wildman–Crippen LogP) is 5.62. The number of para-hydroxylation sites is 1. The van der Waals surface area contributed by atoms with E-state index in [0.29, 0.717) is 24.1 Å². The minimum Gasteiger partial charge on any atom is -0.337 e. The van der Waals surface area contributed by atoms with Gasteiger partial charge < -0.3 is 14.7 Å². The number of likely N-dealkylation sites (tertiary alicyclic amines) is 1. The van der Waals surface area contributed by atoms with Gasteiger partial charge >= 0.3 is 0 Å². The van der Waals surface area contributed by atoms with Crippen molar-refractivity contribution in [2.24, 2.45) is 0 Å². The Morgan fingerprint density at radius 1 is 0.833 bits per heavy atom. The molecule has 3 aliphatic rings. The number of carbonyl (C=O) groups excluding carboxylic acids is 2. The van der Waals surface area contributed by atoms with Gasteiger partial charge in [-0.1, -0.05) is 47.5 Å². The Labute approximate surface area is 213 Å². The summed E-state index contributed by atoms with van der Waals surface area (Å²) >= 11 is 0. The summed E-state index contributed by atoms with van der Waals surface area (Å²) in [6.45, 7) is 8.10. The third-order valence-corrected chi connectivity index (χ3v) is 8.13. The molecule has 0 aromatic heterocycles. The van der Waals surface area contributed by atoms with Gasteiger partial charge in [0.1, 0.15) is 0 Å². The zero-order valence-electron chi connectivity index (χ0n) is 21.1. The number of hydrogen-bond acceptors (Lipinski definition) is 4. The maximum absolute atomic E-state index is 12.5. The van der Waals surface area contributed by atoms with Crippen LogP contribution in [0.1, 0.15) is 52.2 Å². The highest BCUT2D eigenvalue weighted by atomic mass is 16.2. The molecule has 3 heterocycles. The molecule has 0 N–H and O–H groups in total. The summed E-state index contributed by atoms with van der Waals surface area (Å²) in [6.07, 6.45) is 3.04. The highest BCUT2D eigenvalue weighted by Gasteiger charge is 2.42. The minimum absolute atomic E-state index is 0.374. The lowest BCUT2D eigenvalue weighted by atomic mass is 9.88. The summed E-state index contributed by atoms with van der Waals surface area (Å²) in [6, 6.07) is 23.7. The van der Waals surface area contributed by atoms with Gasteiger partial charge in [0.05, 0.1) is 11.3 Å². The molecule has 1 saturated heterocycles. The number of hydrogen-bond donors (Lipinski definition) is 0. The van der Waals surface area contributed by atoms with E-state index in [0.717, 1.165) is 44.6 Å². The van der Waals surface area contributed by atoms with E-state index < -0.39 is 0 Å². The molecule has 0 spiro atoms. The zero-order valence-corrected chi connectivity index (χ0v) is 21.1. The molecule has 5 heteroatoms. The number of nitrogens with zero attached hydrogens (tertiary/aromatic N) is 3. The molecule has 0 unspecified atom stereocenters. The van der Waals surface area contributed by atoms with E-state index in [9.17, 15) is 9.59 Å². The van der Waals surface area contributed by atoms with Crippen molar-refractivity contribution < 1.29 is 9.59 Å². The van der Waals surface area contributed by atoms with Crippen LogP contribution in [0, 0.1) is 13.8 Å². The van der Waals surface area contributed by atoms with Crippen molar-refractivity contribution in [1.29, 1.82) is 0 Å². The SMILES string of the molecule is Cc1ccc(N2c3ccc(C)cc3[C@@H]3CN(CCCCN4C(=O)C(=O)c5ccccc54)CC[C@H]32)cc1. The number of benzene rings is 3. The molecule has 0 saturated carbocycles. The molecule has 0 radical (unpaired) electrons. The number of fused-ring (bicyclic) bond motifs is 4. The molecule has 184 valence electrons. The average Bonchev–Trinajstić information content (AvgIpc) is 3.33. The van der Waals surface area contributed by atoms with Gasteiger partial charge in [-0.2, -0.15) is 0 Å². The Balaban J connectivity index is 1.11. The molecule has 1 fully saturated rings.